The standard InChI is InChI=1S/C18H16O5/c1-12-16(22-10-9-21-13-5-3-2-4-6-13)8-7-14-15(19)11-17(20)23-18(12)14/h2-8,11,19H,9-10H2,1H3. The van der Waals surface area contributed by atoms with E-state index < -0.39 is 5.63 Å². The molecule has 1 aromatic heterocycles. The molecule has 0 saturated heterocycles. The van der Waals surface area contributed by atoms with Gasteiger partial charge in [-0.15, -0.1) is 0 Å². The highest BCUT2D eigenvalue weighted by Crippen LogP contribution is 2.30. The number of para-hydroxylation sites is 1. The summed E-state index contributed by atoms with van der Waals surface area (Å²) in [5.74, 6) is 1.27. The molecule has 5 nitrogen and oxygen atoms in total. The summed E-state index contributed by atoms with van der Waals surface area (Å²) in [6, 6.07) is 13.9. The summed E-state index contributed by atoms with van der Waals surface area (Å²) in [4.78, 5) is 11.4. The molecule has 1 heterocycles. The minimum atomic E-state index is -0.595. The fourth-order valence-corrected chi connectivity index (χ4v) is 2.31. The molecule has 3 rings (SSSR count). The number of ether oxygens (including phenoxy) is 2. The highest BCUT2D eigenvalue weighted by molar-refractivity contribution is 5.86. The molecule has 0 amide bonds. The summed E-state index contributed by atoms with van der Waals surface area (Å²) in [5, 5.41) is 10.3. The Hall–Kier alpha value is -2.95. The van der Waals surface area contributed by atoms with Crippen LogP contribution >= 0.6 is 0 Å². The molecule has 0 atom stereocenters. The second-order valence-corrected chi connectivity index (χ2v) is 5.03. The van der Waals surface area contributed by atoms with Crippen LogP contribution < -0.4 is 15.1 Å². The minimum absolute atomic E-state index is 0.0988. The molecule has 23 heavy (non-hydrogen) atoms. The third-order valence-corrected chi connectivity index (χ3v) is 3.44. The molecule has 0 aliphatic heterocycles. The number of benzene rings is 2. The van der Waals surface area contributed by atoms with Crippen LogP contribution in [0.2, 0.25) is 0 Å². The topological polar surface area (TPSA) is 68.9 Å². The smallest absolute Gasteiger partial charge is 0.339 e. The van der Waals surface area contributed by atoms with Gasteiger partial charge in [-0.1, -0.05) is 18.2 Å². The summed E-state index contributed by atoms with van der Waals surface area (Å²) in [6.45, 7) is 2.52. The van der Waals surface area contributed by atoms with Crippen molar-refractivity contribution in [3.05, 3.63) is 64.5 Å². The van der Waals surface area contributed by atoms with E-state index in [0.717, 1.165) is 11.8 Å². The highest BCUT2D eigenvalue weighted by atomic mass is 16.5. The molecular weight excluding hydrogens is 296 g/mol. The maximum atomic E-state index is 11.4. The van der Waals surface area contributed by atoms with Crippen LogP contribution in [0.3, 0.4) is 0 Å². The van der Waals surface area contributed by atoms with E-state index >= 15 is 0 Å². The third-order valence-electron chi connectivity index (χ3n) is 3.44. The van der Waals surface area contributed by atoms with Gasteiger partial charge in [0.2, 0.25) is 0 Å². The van der Waals surface area contributed by atoms with Gasteiger partial charge in [0.05, 0.1) is 11.5 Å². The predicted molar refractivity (Wildman–Crippen MR) is 86.3 cm³/mol. The van der Waals surface area contributed by atoms with E-state index in [2.05, 4.69) is 0 Å². The van der Waals surface area contributed by atoms with Gasteiger partial charge in [-0.25, -0.2) is 4.79 Å². The van der Waals surface area contributed by atoms with E-state index in [4.69, 9.17) is 13.9 Å². The summed E-state index contributed by atoms with van der Waals surface area (Å²) >= 11 is 0. The van der Waals surface area contributed by atoms with Crippen LogP contribution in [0, 0.1) is 6.92 Å². The molecule has 3 aromatic rings. The van der Waals surface area contributed by atoms with Crippen molar-refractivity contribution < 1.29 is 19.0 Å². The molecule has 5 heteroatoms. The lowest BCUT2D eigenvalue weighted by Crippen LogP contribution is -2.09. The number of hydrogen-bond acceptors (Lipinski definition) is 5. The zero-order valence-corrected chi connectivity index (χ0v) is 12.6. The second kappa shape index (κ2) is 6.44. The molecule has 0 spiro atoms. The Morgan fingerprint density at radius 1 is 1.04 bits per heavy atom. The van der Waals surface area contributed by atoms with Crippen LogP contribution in [0.15, 0.2) is 57.7 Å². The monoisotopic (exact) mass is 312 g/mol. The average Bonchev–Trinajstić information content (AvgIpc) is 2.55. The van der Waals surface area contributed by atoms with Crippen LogP contribution in [0.25, 0.3) is 11.0 Å². The van der Waals surface area contributed by atoms with E-state index in [9.17, 15) is 9.90 Å². The lowest BCUT2D eigenvalue weighted by molar-refractivity contribution is 0.216. The van der Waals surface area contributed by atoms with Crippen molar-refractivity contribution in [2.45, 2.75) is 6.92 Å². The zero-order chi connectivity index (χ0) is 16.2. The first-order valence-electron chi connectivity index (χ1n) is 7.22. The number of rotatable bonds is 5. The maximum Gasteiger partial charge on any atom is 0.339 e. The predicted octanol–water partition coefficient (Wildman–Crippen LogP) is 3.26. The minimum Gasteiger partial charge on any atom is -0.507 e. The van der Waals surface area contributed by atoms with Gasteiger partial charge in [-0.3, -0.25) is 0 Å². The highest BCUT2D eigenvalue weighted by Gasteiger charge is 2.11. The largest absolute Gasteiger partial charge is 0.507 e. The van der Waals surface area contributed by atoms with Gasteiger partial charge < -0.3 is 19.0 Å². The molecular formula is C18H16O5. The van der Waals surface area contributed by atoms with Crippen molar-refractivity contribution >= 4 is 11.0 Å². The normalized spacial score (nSPS) is 10.7. The SMILES string of the molecule is Cc1c(OCCOc2ccccc2)ccc2c(O)cc(=O)oc12. The van der Waals surface area contributed by atoms with E-state index in [0.29, 0.717) is 35.5 Å². The molecule has 0 aliphatic rings. The van der Waals surface area contributed by atoms with Crippen LogP contribution in [-0.2, 0) is 0 Å². The van der Waals surface area contributed by atoms with E-state index in [1.165, 1.54) is 0 Å². The molecule has 0 saturated carbocycles. The van der Waals surface area contributed by atoms with Crippen molar-refractivity contribution in [3.8, 4) is 17.2 Å². The van der Waals surface area contributed by atoms with Gasteiger partial charge in [-0.05, 0) is 31.2 Å². The third kappa shape index (κ3) is 3.29. The summed E-state index contributed by atoms with van der Waals surface area (Å²) in [5.41, 5.74) is 0.398. The van der Waals surface area contributed by atoms with Crippen molar-refractivity contribution in [1.82, 2.24) is 0 Å². The maximum absolute atomic E-state index is 11.4. The Bertz CT molecular complexity index is 868. The first kappa shape index (κ1) is 15.0. The molecule has 0 unspecified atom stereocenters. The lowest BCUT2D eigenvalue weighted by atomic mass is 10.1. The van der Waals surface area contributed by atoms with Gasteiger partial charge in [-0.2, -0.15) is 0 Å². The molecule has 0 bridgehead atoms. The van der Waals surface area contributed by atoms with Crippen LogP contribution in [-0.4, -0.2) is 18.3 Å². The quantitative estimate of drug-likeness (QED) is 0.578. The number of aromatic hydroxyl groups is 1. The molecule has 0 aliphatic carbocycles. The summed E-state index contributed by atoms with van der Waals surface area (Å²) < 4.78 is 16.4. The fraction of sp³-hybridized carbons (Fsp3) is 0.167. The summed E-state index contributed by atoms with van der Waals surface area (Å²) in [7, 11) is 0. The van der Waals surface area contributed by atoms with Gasteiger partial charge in [0.15, 0.2) is 0 Å². The number of aryl methyl sites for hydroxylation is 1. The zero-order valence-electron chi connectivity index (χ0n) is 12.6. The molecule has 1 N–H and O–H groups in total. The van der Waals surface area contributed by atoms with Crippen molar-refractivity contribution in [2.75, 3.05) is 13.2 Å². The van der Waals surface area contributed by atoms with Gasteiger partial charge in [0.25, 0.3) is 0 Å². The Balaban J connectivity index is 1.71. The molecule has 0 fully saturated rings. The van der Waals surface area contributed by atoms with E-state index in [1.54, 1.807) is 19.1 Å². The van der Waals surface area contributed by atoms with Crippen molar-refractivity contribution in [1.29, 1.82) is 0 Å². The van der Waals surface area contributed by atoms with Crippen molar-refractivity contribution in [3.63, 3.8) is 0 Å². The van der Waals surface area contributed by atoms with Crippen LogP contribution in [0.4, 0.5) is 0 Å². The average molecular weight is 312 g/mol. The van der Waals surface area contributed by atoms with Gasteiger partial charge >= 0.3 is 5.63 Å². The van der Waals surface area contributed by atoms with Crippen LogP contribution in [0.5, 0.6) is 17.2 Å². The second-order valence-electron chi connectivity index (χ2n) is 5.03. The Morgan fingerprint density at radius 3 is 2.57 bits per heavy atom. The first-order chi connectivity index (χ1) is 11.1. The van der Waals surface area contributed by atoms with E-state index in [-0.39, 0.29) is 5.75 Å². The number of hydrogen-bond donors (Lipinski definition) is 1. The first-order valence-corrected chi connectivity index (χ1v) is 7.22. The number of fused-ring (bicyclic) bond motifs is 1. The Labute approximate surface area is 132 Å². The van der Waals surface area contributed by atoms with Crippen molar-refractivity contribution in [2.24, 2.45) is 0 Å². The fourth-order valence-electron chi connectivity index (χ4n) is 2.31. The lowest BCUT2D eigenvalue weighted by Gasteiger charge is -2.11. The van der Waals surface area contributed by atoms with Gasteiger partial charge in [0.1, 0.15) is 36.0 Å². The van der Waals surface area contributed by atoms with Gasteiger partial charge in [0, 0.05) is 5.56 Å². The molecule has 118 valence electrons. The Morgan fingerprint density at radius 2 is 1.78 bits per heavy atom. The summed E-state index contributed by atoms with van der Waals surface area (Å²) in [6.07, 6.45) is 0. The Kier molecular flexibility index (Phi) is 4.19. The molecule has 2 aromatic carbocycles. The molecule has 0 radical (unpaired) electrons. The van der Waals surface area contributed by atoms with Crippen LogP contribution in [0.1, 0.15) is 5.56 Å². The van der Waals surface area contributed by atoms with E-state index in [1.807, 2.05) is 30.3 Å².